The van der Waals surface area contributed by atoms with E-state index < -0.39 is 16.1 Å². The minimum absolute atomic E-state index is 0.156. The Bertz CT molecular complexity index is 1110. The summed E-state index contributed by atoms with van der Waals surface area (Å²) in [6.07, 6.45) is 0. The zero-order chi connectivity index (χ0) is 23.0. The van der Waals surface area contributed by atoms with Gasteiger partial charge in [-0.05, 0) is 45.0 Å². The number of sulfonamides is 1. The van der Waals surface area contributed by atoms with Gasteiger partial charge in [0.15, 0.2) is 0 Å². The first-order valence-corrected chi connectivity index (χ1v) is 12.1. The first-order chi connectivity index (χ1) is 15.2. The number of urea groups is 1. The van der Waals surface area contributed by atoms with Crippen LogP contribution in [0.25, 0.3) is 0 Å². The van der Waals surface area contributed by atoms with Crippen LogP contribution in [-0.4, -0.2) is 73.4 Å². The molecule has 0 spiro atoms. The van der Waals surface area contributed by atoms with Crippen molar-refractivity contribution in [2.45, 2.75) is 31.7 Å². The van der Waals surface area contributed by atoms with Crippen molar-refractivity contribution in [3.63, 3.8) is 0 Å². The Morgan fingerprint density at radius 1 is 0.844 bits per heavy atom. The van der Waals surface area contributed by atoms with Crippen molar-refractivity contribution < 1.29 is 18.0 Å². The molecule has 9 heteroatoms. The lowest BCUT2D eigenvalue weighted by Crippen LogP contribution is -2.52. The molecule has 32 heavy (non-hydrogen) atoms. The molecule has 2 aliphatic rings. The van der Waals surface area contributed by atoms with Gasteiger partial charge in [-0.2, -0.15) is 4.31 Å². The predicted molar refractivity (Wildman–Crippen MR) is 122 cm³/mol. The van der Waals surface area contributed by atoms with Crippen LogP contribution in [0.3, 0.4) is 0 Å². The van der Waals surface area contributed by atoms with Crippen LogP contribution >= 0.6 is 0 Å². The van der Waals surface area contributed by atoms with Crippen molar-refractivity contribution in [2.24, 2.45) is 0 Å². The van der Waals surface area contributed by atoms with E-state index in [1.165, 1.54) is 14.1 Å². The Morgan fingerprint density at radius 2 is 1.38 bits per heavy atom. The van der Waals surface area contributed by atoms with Crippen molar-refractivity contribution in [1.29, 1.82) is 0 Å². The lowest BCUT2D eigenvalue weighted by atomic mass is 10.2. The highest BCUT2D eigenvalue weighted by Crippen LogP contribution is 2.27. The fraction of sp³-hybridized carbons (Fsp3) is 0.391. The first kappa shape index (κ1) is 22.4. The summed E-state index contributed by atoms with van der Waals surface area (Å²) >= 11 is 0. The Balaban J connectivity index is 1.40. The number of aryl methyl sites for hydroxylation is 2. The second-order valence-corrected chi connectivity index (χ2v) is 10.3. The lowest BCUT2D eigenvalue weighted by molar-refractivity contribution is -0.128. The number of benzene rings is 2. The van der Waals surface area contributed by atoms with E-state index in [1.54, 1.807) is 31.2 Å². The largest absolute Gasteiger partial charge is 0.333 e. The number of carbonyl (C=O) groups excluding carboxylic acids is 2. The number of hydrogen-bond acceptors (Lipinski definition) is 5. The summed E-state index contributed by atoms with van der Waals surface area (Å²) in [5, 5.41) is 0. The molecule has 3 amide bonds. The smallest absolute Gasteiger partial charge is 0.283 e. The highest BCUT2D eigenvalue weighted by Gasteiger charge is 2.44. The number of nitrogens with zero attached hydrogens (tertiary/aromatic N) is 4. The van der Waals surface area contributed by atoms with Crippen LogP contribution in [0, 0.1) is 13.8 Å². The number of amides is 3. The average molecular weight is 457 g/mol. The van der Waals surface area contributed by atoms with Crippen LogP contribution in [0.5, 0.6) is 0 Å². The van der Waals surface area contributed by atoms with Crippen molar-refractivity contribution in [1.82, 2.24) is 14.1 Å². The van der Waals surface area contributed by atoms with Gasteiger partial charge < -0.3 is 0 Å². The molecular formula is C23H28N4O4S. The average Bonchev–Trinajstić information content (AvgIpc) is 2.98. The van der Waals surface area contributed by atoms with Gasteiger partial charge in [-0.1, -0.05) is 35.4 Å². The zero-order valence-electron chi connectivity index (χ0n) is 18.6. The summed E-state index contributed by atoms with van der Waals surface area (Å²) in [4.78, 5) is 30.8. The van der Waals surface area contributed by atoms with Gasteiger partial charge in [0.05, 0.1) is 11.6 Å². The molecule has 0 aromatic heterocycles. The third-order valence-corrected chi connectivity index (χ3v) is 8.00. The van der Waals surface area contributed by atoms with E-state index in [9.17, 15) is 18.0 Å². The van der Waals surface area contributed by atoms with Gasteiger partial charge >= 0.3 is 6.03 Å². The van der Waals surface area contributed by atoms with Gasteiger partial charge in [-0.15, -0.1) is 0 Å². The number of imide groups is 1. The highest BCUT2D eigenvalue weighted by atomic mass is 32.2. The number of anilines is 1. The van der Waals surface area contributed by atoms with Crippen molar-refractivity contribution in [3.05, 3.63) is 59.7 Å². The van der Waals surface area contributed by atoms with E-state index in [2.05, 4.69) is 0 Å². The number of hydrogen-bond donors (Lipinski definition) is 0. The fourth-order valence-corrected chi connectivity index (χ4v) is 5.49. The van der Waals surface area contributed by atoms with Crippen LogP contribution in [0.1, 0.15) is 18.1 Å². The Labute approximate surface area is 189 Å². The molecule has 1 atom stereocenters. The van der Waals surface area contributed by atoms with Gasteiger partial charge in [0, 0.05) is 31.9 Å². The molecule has 4 rings (SSSR count). The maximum atomic E-state index is 13.0. The minimum atomic E-state index is -3.56. The van der Waals surface area contributed by atoms with E-state index in [0.717, 1.165) is 11.1 Å². The zero-order valence-corrected chi connectivity index (χ0v) is 19.4. The van der Waals surface area contributed by atoms with Crippen LogP contribution in [0.4, 0.5) is 10.5 Å². The Kier molecular flexibility index (Phi) is 6.07. The molecule has 2 saturated heterocycles. The van der Waals surface area contributed by atoms with Crippen molar-refractivity contribution >= 4 is 27.6 Å². The van der Waals surface area contributed by atoms with Crippen molar-refractivity contribution in [2.75, 3.05) is 37.7 Å². The van der Waals surface area contributed by atoms with Gasteiger partial charge in [0.2, 0.25) is 10.0 Å². The molecule has 0 radical (unpaired) electrons. The minimum Gasteiger partial charge on any atom is -0.283 e. The first-order valence-electron chi connectivity index (χ1n) is 10.7. The number of piperazine rings is 1. The number of rotatable bonds is 5. The van der Waals surface area contributed by atoms with E-state index in [4.69, 9.17) is 0 Å². The summed E-state index contributed by atoms with van der Waals surface area (Å²) in [6.45, 7) is 7.27. The summed E-state index contributed by atoms with van der Waals surface area (Å²) in [7, 11) is -3.56. The molecule has 2 aliphatic heterocycles. The van der Waals surface area contributed by atoms with E-state index in [0.29, 0.717) is 31.9 Å². The van der Waals surface area contributed by atoms with Gasteiger partial charge in [0.25, 0.3) is 5.91 Å². The lowest BCUT2D eigenvalue weighted by Gasteiger charge is -2.35. The SMILES string of the molecule is Cc1ccc(N2C(=O)N(CN3CCN(S(=O)(=O)c4ccc(C)cc4)CC3)C(=O)C2C)cc1. The van der Waals surface area contributed by atoms with Gasteiger partial charge in [0.1, 0.15) is 6.04 Å². The number of carbonyl (C=O) groups is 2. The topological polar surface area (TPSA) is 81.2 Å². The second kappa shape index (κ2) is 8.65. The summed E-state index contributed by atoms with van der Waals surface area (Å²) < 4.78 is 27.3. The standard InChI is InChI=1S/C23H28N4O4S/c1-17-4-8-20(9-5-17)27-19(3)22(28)26(23(27)29)16-24-12-14-25(15-13-24)32(30,31)21-10-6-18(2)7-11-21/h4-11,19H,12-16H2,1-3H3. The molecule has 0 saturated carbocycles. The quantitative estimate of drug-likeness (QED) is 0.646. The molecule has 170 valence electrons. The molecule has 2 heterocycles. The van der Waals surface area contributed by atoms with E-state index in [-0.39, 0.29) is 23.5 Å². The highest BCUT2D eigenvalue weighted by molar-refractivity contribution is 7.89. The van der Waals surface area contributed by atoms with Crippen LogP contribution < -0.4 is 4.90 Å². The van der Waals surface area contributed by atoms with Crippen LogP contribution in [0.2, 0.25) is 0 Å². The normalized spacial score (nSPS) is 20.9. The third kappa shape index (κ3) is 4.15. The monoisotopic (exact) mass is 456 g/mol. The molecule has 2 fully saturated rings. The molecule has 0 bridgehead atoms. The van der Waals surface area contributed by atoms with Crippen LogP contribution in [0.15, 0.2) is 53.4 Å². The molecule has 0 aliphatic carbocycles. The van der Waals surface area contributed by atoms with Gasteiger partial charge in [-0.3, -0.25) is 14.6 Å². The van der Waals surface area contributed by atoms with E-state index in [1.807, 2.05) is 43.0 Å². The molecule has 0 N–H and O–H groups in total. The predicted octanol–water partition coefficient (Wildman–Crippen LogP) is 2.42. The molecule has 2 aromatic carbocycles. The molecule has 2 aromatic rings. The molecular weight excluding hydrogens is 428 g/mol. The maximum Gasteiger partial charge on any atom is 0.333 e. The summed E-state index contributed by atoms with van der Waals surface area (Å²) in [5.74, 6) is -0.245. The Hall–Kier alpha value is -2.75. The maximum absolute atomic E-state index is 13.0. The second-order valence-electron chi connectivity index (χ2n) is 8.41. The fourth-order valence-electron chi connectivity index (χ4n) is 4.07. The van der Waals surface area contributed by atoms with Crippen molar-refractivity contribution in [3.8, 4) is 0 Å². The van der Waals surface area contributed by atoms with Crippen LogP contribution in [-0.2, 0) is 14.8 Å². The summed E-state index contributed by atoms with van der Waals surface area (Å²) in [5.41, 5.74) is 2.77. The molecule has 8 nitrogen and oxygen atoms in total. The Morgan fingerprint density at radius 3 is 1.94 bits per heavy atom. The van der Waals surface area contributed by atoms with E-state index >= 15 is 0 Å². The summed E-state index contributed by atoms with van der Waals surface area (Å²) in [6, 6.07) is 13.4. The van der Waals surface area contributed by atoms with Gasteiger partial charge in [-0.25, -0.2) is 18.1 Å². The third-order valence-electron chi connectivity index (χ3n) is 6.09. The molecule has 1 unspecified atom stereocenters.